The molecule has 0 fully saturated rings. The minimum absolute atomic E-state index is 0.481. The van der Waals surface area contributed by atoms with Gasteiger partial charge in [0, 0.05) is 18.8 Å². The molecule has 0 saturated carbocycles. The van der Waals surface area contributed by atoms with Gasteiger partial charge in [0.25, 0.3) is 0 Å². The van der Waals surface area contributed by atoms with Gasteiger partial charge < -0.3 is 10.6 Å². The molecule has 0 aliphatic carbocycles. The van der Waals surface area contributed by atoms with Crippen LogP contribution in [0.3, 0.4) is 0 Å². The number of nitrogens with two attached hydrogens (primary N) is 1. The maximum Gasteiger partial charge on any atom is 0.134 e. The second-order valence-electron chi connectivity index (χ2n) is 3.64. The van der Waals surface area contributed by atoms with E-state index in [4.69, 9.17) is 5.73 Å². The lowest BCUT2D eigenvalue weighted by molar-refractivity contribution is 0.791. The summed E-state index contributed by atoms with van der Waals surface area (Å²) in [4.78, 5) is 14.5. The molecule has 17 heavy (non-hydrogen) atoms. The average molecular weight is 229 g/mol. The number of nitrogens with zero attached hydrogens (tertiary/aromatic N) is 4. The van der Waals surface area contributed by atoms with Gasteiger partial charge in [0.1, 0.15) is 18.0 Å². The molecule has 2 aromatic rings. The number of pyridine rings is 1. The molecule has 0 radical (unpaired) electrons. The van der Waals surface area contributed by atoms with Gasteiger partial charge in [0.2, 0.25) is 0 Å². The van der Waals surface area contributed by atoms with Crippen molar-refractivity contribution in [3.8, 4) is 0 Å². The summed E-state index contributed by atoms with van der Waals surface area (Å²) in [5.74, 6) is 1.31. The molecule has 0 spiro atoms. The molecule has 0 amide bonds. The van der Waals surface area contributed by atoms with E-state index in [1.54, 1.807) is 12.3 Å². The van der Waals surface area contributed by atoms with Crippen LogP contribution in [0, 0.1) is 0 Å². The summed E-state index contributed by atoms with van der Waals surface area (Å²) in [5.41, 5.74) is 6.66. The van der Waals surface area contributed by atoms with Gasteiger partial charge in [-0.05, 0) is 19.1 Å². The highest BCUT2D eigenvalue weighted by molar-refractivity contribution is 5.45. The lowest BCUT2D eigenvalue weighted by Crippen LogP contribution is -2.23. The highest BCUT2D eigenvalue weighted by Gasteiger charge is 2.07. The first-order chi connectivity index (χ1) is 8.29. The molecule has 2 rings (SSSR count). The predicted molar refractivity (Wildman–Crippen MR) is 67.4 cm³/mol. The Bertz CT molecular complexity index is 471. The maximum atomic E-state index is 5.65. The van der Waals surface area contributed by atoms with Gasteiger partial charge in [0.15, 0.2) is 0 Å². The summed E-state index contributed by atoms with van der Waals surface area (Å²) in [6.07, 6.45) is 3.27. The summed E-state index contributed by atoms with van der Waals surface area (Å²) in [6, 6.07) is 7.65. The quantitative estimate of drug-likeness (QED) is 0.860. The van der Waals surface area contributed by atoms with Gasteiger partial charge in [-0.3, -0.25) is 4.98 Å². The molecule has 0 saturated heterocycles. The first-order valence-electron chi connectivity index (χ1n) is 5.52. The van der Waals surface area contributed by atoms with E-state index in [9.17, 15) is 0 Å². The van der Waals surface area contributed by atoms with Crippen LogP contribution in [0.4, 0.5) is 11.6 Å². The first-order valence-corrected chi connectivity index (χ1v) is 5.52. The topological polar surface area (TPSA) is 67.9 Å². The van der Waals surface area contributed by atoms with Gasteiger partial charge in [-0.1, -0.05) is 6.07 Å². The highest BCUT2D eigenvalue weighted by atomic mass is 15.2. The molecule has 88 valence electrons. The van der Waals surface area contributed by atoms with E-state index in [-0.39, 0.29) is 0 Å². The minimum Gasteiger partial charge on any atom is -0.384 e. The summed E-state index contributed by atoms with van der Waals surface area (Å²) in [6.45, 7) is 3.63. The smallest absolute Gasteiger partial charge is 0.134 e. The molecule has 2 aromatic heterocycles. The summed E-state index contributed by atoms with van der Waals surface area (Å²) in [7, 11) is 0. The molecular formula is C12H15N5. The largest absolute Gasteiger partial charge is 0.384 e. The van der Waals surface area contributed by atoms with Gasteiger partial charge in [-0.15, -0.1) is 0 Å². The fourth-order valence-corrected chi connectivity index (χ4v) is 1.58. The van der Waals surface area contributed by atoms with Crippen molar-refractivity contribution >= 4 is 11.6 Å². The van der Waals surface area contributed by atoms with Crippen LogP contribution in [0.5, 0.6) is 0 Å². The Labute approximate surface area is 100 Å². The number of rotatable bonds is 4. The predicted octanol–water partition coefficient (Wildman–Crippen LogP) is 1.48. The zero-order chi connectivity index (χ0) is 12.1. The molecule has 0 bridgehead atoms. The zero-order valence-electron chi connectivity index (χ0n) is 9.74. The Morgan fingerprint density at radius 1 is 1.24 bits per heavy atom. The van der Waals surface area contributed by atoms with Crippen molar-refractivity contribution < 1.29 is 0 Å². The van der Waals surface area contributed by atoms with Crippen LogP contribution in [-0.4, -0.2) is 21.5 Å². The van der Waals surface area contributed by atoms with Crippen molar-refractivity contribution in [2.24, 2.45) is 0 Å². The van der Waals surface area contributed by atoms with Crippen LogP contribution < -0.4 is 10.6 Å². The minimum atomic E-state index is 0.481. The summed E-state index contributed by atoms with van der Waals surface area (Å²) in [5, 5.41) is 0. The summed E-state index contributed by atoms with van der Waals surface area (Å²) < 4.78 is 0. The van der Waals surface area contributed by atoms with Crippen LogP contribution in [0.1, 0.15) is 12.6 Å². The van der Waals surface area contributed by atoms with Crippen LogP contribution in [0.2, 0.25) is 0 Å². The molecule has 0 unspecified atom stereocenters. The second kappa shape index (κ2) is 5.25. The number of hydrogen-bond donors (Lipinski definition) is 1. The van der Waals surface area contributed by atoms with E-state index in [1.807, 2.05) is 18.2 Å². The van der Waals surface area contributed by atoms with Gasteiger partial charge >= 0.3 is 0 Å². The van der Waals surface area contributed by atoms with E-state index in [2.05, 4.69) is 26.8 Å². The van der Waals surface area contributed by atoms with Crippen LogP contribution in [0.25, 0.3) is 0 Å². The van der Waals surface area contributed by atoms with Crippen molar-refractivity contribution in [3.63, 3.8) is 0 Å². The van der Waals surface area contributed by atoms with E-state index < -0.39 is 0 Å². The number of anilines is 2. The Balaban J connectivity index is 2.17. The number of hydrogen-bond acceptors (Lipinski definition) is 5. The van der Waals surface area contributed by atoms with Gasteiger partial charge in [0.05, 0.1) is 12.2 Å². The average Bonchev–Trinajstić information content (AvgIpc) is 2.37. The molecule has 5 heteroatoms. The normalized spacial score (nSPS) is 10.2. The Kier molecular flexibility index (Phi) is 3.49. The van der Waals surface area contributed by atoms with E-state index in [1.165, 1.54) is 6.33 Å². The molecular weight excluding hydrogens is 214 g/mol. The van der Waals surface area contributed by atoms with Crippen molar-refractivity contribution in [1.29, 1.82) is 0 Å². The molecule has 0 aliphatic heterocycles. The van der Waals surface area contributed by atoms with Gasteiger partial charge in [-0.2, -0.15) is 0 Å². The van der Waals surface area contributed by atoms with E-state index >= 15 is 0 Å². The molecule has 5 nitrogen and oxygen atoms in total. The van der Waals surface area contributed by atoms with Crippen molar-refractivity contribution in [1.82, 2.24) is 15.0 Å². The van der Waals surface area contributed by atoms with Crippen molar-refractivity contribution in [3.05, 3.63) is 42.5 Å². The Morgan fingerprint density at radius 3 is 2.76 bits per heavy atom. The molecule has 0 atom stereocenters. The van der Waals surface area contributed by atoms with E-state index in [0.717, 1.165) is 18.1 Å². The fourth-order valence-electron chi connectivity index (χ4n) is 1.58. The number of aromatic nitrogens is 3. The lowest BCUT2D eigenvalue weighted by Gasteiger charge is -2.21. The van der Waals surface area contributed by atoms with Crippen LogP contribution in [-0.2, 0) is 6.54 Å². The highest BCUT2D eigenvalue weighted by Crippen LogP contribution is 2.14. The third-order valence-corrected chi connectivity index (χ3v) is 2.46. The third kappa shape index (κ3) is 2.90. The first kappa shape index (κ1) is 11.3. The van der Waals surface area contributed by atoms with Crippen molar-refractivity contribution in [2.75, 3.05) is 17.2 Å². The summed E-state index contributed by atoms with van der Waals surface area (Å²) >= 11 is 0. The Morgan fingerprint density at radius 2 is 2.12 bits per heavy atom. The molecule has 2 N–H and O–H groups in total. The SMILES string of the molecule is CCN(Cc1ccccn1)c1cc(N)ncn1. The number of nitrogen functional groups attached to an aromatic ring is 1. The Hall–Kier alpha value is -2.17. The third-order valence-electron chi connectivity index (χ3n) is 2.46. The van der Waals surface area contributed by atoms with Crippen LogP contribution >= 0.6 is 0 Å². The molecule has 0 aliphatic rings. The second-order valence-corrected chi connectivity index (χ2v) is 3.64. The fraction of sp³-hybridized carbons (Fsp3) is 0.250. The molecule has 0 aromatic carbocycles. The zero-order valence-corrected chi connectivity index (χ0v) is 9.74. The van der Waals surface area contributed by atoms with Gasteiger partial charge in [-0.25, -0.2) is 9.97 Å². The van der Waals surface area contributed by atoms with E-state index in [0.29, 0.717) is 12.4 Å². The molecule has 2 heterocycles. The standard InChI is InChI=1S/C12H15N5/c1-2-17(8-10-5-3-4-6-14-10)12-7-11(13)15-9-16-12/h3-7,9H,2,8H2,1H3,(H2,13,15,16). The maximum absolute atomic E-state index is 5.65. The lowest BCUT2D eigenvalue weighted by atomic mass is 10.3. The monoisotopic (exact) mass is 229 g/mol. The van der Waals surface area contributed by atoms with Crippen LogP contribution in [0.15, 0.2) is 36.8 Å². The van der Waals surface area contributed by atoms with Crippen molar-refractivity contribution in [2.45, 2.75) is 13.5 Å².